The molecule has 2 aromatic heterocycles. The lowest BCUT2D eigenvalue weighted by Gasteiger charge is -2.11. The van der Waals surface area contributed by atoms with Gasteiger partial charge in [-0.15, -0.1) is 5.10 Å². The Morgan fingerprint density at radius 2 is 2.31 bits per heavy atom. The van der Waals surface area contributed by atoms with Crippen molar-refractivity contribution in [1.29, 1.82) is 0 Å². The number of nitrogens with one attached hydrogen (secondary N) is 3. The number of anilines is 1. The summed E-state index contributed by atoms with van der Waals surface area (Å²) in [6.07, 6.45) is 0. The first-order valence-corrected chi connectivity index (χ1v) is 5.59. The molecule has 0 saturated heterocycles. The van der Waals surface area contributed by atoms with E-state index in [0.717, 1.165) is 5.56 Å². The third-order valence-electron chi connectivity index (χ3n) is 2.11. The van der Waals surface area contributed by atoms with Gasteiger partial charge >= 0.3 is 5.69 Å². The zero-order valence-corrected chi connectivity index (χ0v) is 9.30. The molecule has 3 N–H and O–H groups in total. The largest absolute Gasteiger partial charge is 0.358 e. The van der Waals surface area contributed by atoms with E-state index in [9.17, 15) is 9.59 Å². The van der Waals surface area contributed by atoms with Crippen molar-refractivity contribution in [3.05, 3.63) is 43.2 Å². The summed E-state index contributed by atoms with van der Waals surface area (Å²) >= 11 is 1.58. The Morgan fingerprint density at radius 3 is 2.94 bits per heavy atom. The molecule has 0 fully saturated rings. The first-order valence-electron chi connectivity index (χ1n) is 4.64. The molecule has 0 bridgehead atoms. The van der Waals surface area contributed by atoms with E-state index in [2.05, 4.69) is 20.5 Å². The highest BCUT2D eigenvalue weighted by atomic mass is 32.1. The maximum Gasteiger partial charge on any atom is 0.342 e. The number of hydrogen-bond donors (Lipinski definition) is 3. The van der Waals surface area contributed by atoms with Gasteiger partial charge in [0.1, 0.15) is 0 Å². The zero-order chi connectivity index (χ0) is 11.5. The second-order valence-corrected chi connectivity index (χ2v) is 4.06. The van der Waals surface area contributed by atoms with Gasteiger partial charge in [0.2, 0.25) is 5.82 Å². The predicted molar refractivity (Wildman–Crippen MR) is 61.8 cm³/mol. The minimum absolute atomic E-state index is 0.0363. The lowest BCUT2D eigenvalue weighted by Crippen LogP contribution is -2.27. The van der Waals surface area contributed by atoms with Crippen LogP contribution >= 0.6 is 11.3 Å². The fourth-order valence-corrected chi connectivity index (χ4v) is 2.01. The fraction of sp³-hybridized carbons (Fsp3) is 0.222. The molecule has 84 valence electrons. The van der Waals surface area contributed by atoms with Crippen LogP contribution in [0.3, 0.4) is 0 Å². The van der Waals surface area contributed by atoms with Gasteiger partial charge < -0.3 is 5.32 Å². The second kappa shape index (κ2) is 4.31. The third kappa shape index (κ3) is 2.19. The zero-order valence-electron chi connectivity index (χ0n) is 8.48. The molecule has 0 amide bonds. The molecule has 0 spiro atoms. The fourth-order valence-electron chi connectivity index (χ4n) is 1.26. The van der Waals surface area contributed by atoms with Crippen molar-refractivity contribution in [2.24, 2.45) is 0 Å². The highest BCUT2D eigenvalue weighted by Crippen LogP contribution is 2.17. The van der Waals surface area contributed by atoms with Crippen LogP contribution in [0.2, 0.25) is 0 Å². The van der Waals surface area contributed by atoms with Crippen LogP contribution < -0.4 is 16.6 Å². The van der Waals surface area contributed by atoms with Crippen molar-refractivity contribution in [3.63, 3.8) is 0 Å². The van der Waals surface area contributed by atoms with Gasteiger partial charge in [-0.2, -0.15) is 11.3 Å². The van der Waals surface area contributed by atoms with E-state index >= 15 is 0 Å². The molecule has 1 unspecified atom stereocenters. The molecule has 6 nitrogen and oxygen atoms in total. The molecule has 1 atom stereocenters. The summed E-state index contributed by atoms with van der Waals surface area (Å²) in [6, 6.07) is 1.92. The summed E-state index contributed by atoms with van der Waals surface area (Å²) < 4.78 is 0. The van der Waals surface area contributed by atoms with Crippen molar-refractivity contribution < 1.29 is 0 Å². The van der Waals surface area contributed by atoms with Gasteiger partial charge in [-0.1, -0.05) is 0 Å². The Morgan fingerprint density at radius 1 is 1.50 bits per heavy atom. The molecule has 0 aromatic carbocycles. The van der Waals surface area contributed by atoms with Crippen LogP contribution in [0.5, 0.6) is 0 Å². The molecule has 0 saturated carbocycles. The van der Waals surface area contributed by atoms with Gasteiger partial charge in [-0.25, -0.2) is 9.89 Å². The first-order chi connectivity index (χ1) is 7.66. The van der Waals surface area contributed by atoms with Crippen LogP contribution in [0.15, 0.2) is 26.4 Å². The lowest BCUT2D eigenvalue weighted by atomic mass is 10.2. The maximum atomic E-state index is 11.3. The highest BCUT2D eigenvalue weighted by Gasteiger charge is 2.09. The Bertz CT molecular complexity index is 572. The van der Waals surface area contributed by atoms with Gasteiger partial charge in [0.25, 0.3) is 5.56 Å². The van der Waals surface area contributed by atoms with Gasteiger partial charge in [0, 0.05) is 0 Å². The van der Waals surface area contributed by atoms with E-state index in [0.29, 0.717) is 0 Å². The van der Waals surface area contributed by atoms with Crippen molar-refractivity contribution >= 4 is 17.2 Å². The molecule has 0 aliphatic rings. The summed E-state index contributed by atoms with van der Waals surface area (Å²) in [7, 11) is 0. The standard InChI is InChI=1S/C9H10N4O2S/c1-5(6-2-3-16-4-6)10-7-8(14)11-9(15)13-12-7/h2-5H,1H3,(H,10,12)(H2,11,13,14,15). The monoisotopic (exact) mass is 238 g/mol. The number of rotatable bonds is 3. The molecule has 2 aromatic rings. The third-order valence-corrected chi connectivity index (χ3v) is 2.81. The average Bonchev–Trinajstić information content (AvgIpc) is 2.75. The lowest BCUT2D eigenvalue weighted by molar-refractivity contribution is 0.828. The number of hydrogen-bond acceptors (Lipinski definition) is 5. The topological polar surface area (TPSA) is 90.6 Å². The van der Waals surface area contributed by atoms with Gasteiger partial charge in [-0.3, -0.25) is 9.78 Å². The van der Waals surface area contributed by atoms with E-state index in [1.807, 2.05) is 23.8 Å². The smallest absolute Gasteiger partial charge is 0.342 e. The normalized spacial score (nSPS) is 12.3. The van der Waals surface area contributed by atoms with E-state index in [1.54, 1.807) is 11.3 Å². The van der Waals surface area contributed by atoms with Crippen LogP contribution in [0.25, 0.3) is 0 Å². The number of aromatic amines is 2. The van der Waals surface area contributed by atoms with Crippen LogP contribution in [-0.2, 0) is 0 Å². The minimum Gasteiger partial charge on any atom is -0.358 e. The molecular weight excluding hydrogens is 228 g/mol. The van der Waals surface area contributed by atoms with E-state index < -0.39 is 11.2 Å². The predicted octanol–water partition coefficient (Wildman–Crippen LogP) is 0.693. The number of nitrogens with zero attached hydrogens (tertiary/aromatic N) is 1. The van der Waals surface area contributed by atoms with Crippen molar-refractivity contribution in [3.8, 4) is 0 Å². The van der Waals surface area contributed by atoms with Gasteiger partial charge in [0.05, 0.1) is 6.04 Å². The highest BCUT2D eigenvalue weighted by molar-refractivity contribution is 7.07. The number of H-pyrrole nitrogens is 2. The number of aromatic nitrogens is 3. The number of thiophene rings is 1. The Balaban J connectivity index is 2.21. The molecule has 2 heterocycles. The SMILES string of the molecule is CC(Nc1n[nH]c(=O)[nH]c1=O)c1ccsc1. The van der Waals surface area contributed by atoms with Crippen LogP contribution in [0.4, 0.5) is 5.82 Å². The first kappa shape index (κ1) is 10.6. The van der Waals surface area contributed by atoms with E-state index in [1.165, 1.54) is 0 Å². The van der Waals surface area contributed by atoms with Crippen LogP contribution in [-0.4, -0.2) is 15.2 Å². The Hall–Kier alpha value is -1.89. The quantitative estimate of drug-likeness (QED) is 0.733. The Labute approximate surface area is 94.4 Å². The molecule has 0 aliphatic heterocycles. The van der Waals surface area contributed by atoms with Crippen molar-refractivity contribution in [2.75, 3.05) is 5.32 Å². The summed E-state index contributed by atoms with van der Waals surface area (Å²) in [5, 5.41) is 12.7. The Kier molecular flexibility index (Phi) is 2.86. The van der Waals surface area contributed by atoms with Crippen LogP contribution in [0, 0.1) is 0 Å². The van der Waals surface area contributed by atoms with Gasteiger partial charge in [-0.05, 0) is 29.3 Å². The van der Waals surface area contributed by atoms with Crippen LogP contribution in [0.1, 0.15) is 18.5 Å². The summed E-state index contributed by atoms with van der Waals surface area (Å²) in [4.78, 5) is 24.2. The van der Waals surface area contributed by atoms with Crippen molar-refractivity contribution in [1.82, 2.24) is 15.2 Å². The summed E-state index contributed by atoms with van der Waals surface area (Å²) in [6.45, 7) is 1.91. The molecule has 0 aliphatic carbocycles. The molecular formula is C9H10N4O2S. The second-order valence-electron chi connectivity index (χ2n) is 3.28. The molecule has 7 heteroatoms. The average molecular weight is 238 g/mol. The molecule has 2 rings (SSSR count). The van der Waals surface area contributed by atoms with E-state index in [-0.39, 0.29) is 11.9 Å². The van der Waals surface area contributed by atoms with Gasteiger partial charge in [0.15, 0.2) is 0 Å². The van der Waals surface area contributed by atoms with Crippen molar-refractivity contribution in [2.45, 2.75) is 13.0 Å². The molecule has 16 heavy (non-hydrogen) atoms. The molecule has 0 radical (unpaired) electrons. The minimum atomic E-state index is -0.612. The van der Waals surface area contributed by atoms with E-state index in [4.69, 9.17) is 0 Å². The summed E-state index contributed by atoms with van der Waals surface area (Å²) in [5.41, 5.74) is -0.0676. The maximum absolute atomic E-state index is 11.3. The summed E-state index contributed by atoms with van der Waals surface area (Å²) in [5.74, 6) is 0.110.